The van der Waals surface area contributed by atoms with Crippen molar-refractivity contribution in [1.82, 2.24) is 25.1 Å². The highest BCUT2D eigenvalue weighted by molar-refractivity contribution is 6.23. The molecule has 298 valence electrons. The minimum absolute atomic E-state index is 0.0826. The number of amides is 5. The molecule has 0 radical (unpaired) electrons. The number of carbonyl (C=O) groups excluding carboxylic acids is 5. The maximum atomic E-state index is 13.3. The van der Waals surface area contributed by atoms with Crippen molar-refractivity contribution in [1.29, 1.82) is 0 Å². The summed E-state index contributed by atoms with van der Waals surface area (Å²) in [7, 11) is 0. The van der Waals surface area contributed by atoms with E-state index in [0.29, 0.717) is 34.6 Å². The number of carbonyl (C=O) groups is 5. The van der Waals surface area contributed by atoms with Crippen LogP contribution in [0, 0.1) is 11.8 Å². The van der Waals surface area contributed by atoms with Gasteiger partial charge in [0.2, 0.25) is 11.8 Å². The molecule has 0 spiro atoms. The van der Waals surface area contributed by atoms with Gasteiger partial charge in [-0.3, -0.25) is 39.1 Å². The van der Waals surface area contributed by atoms with Crippen LogP contribution >= 0.6 is 0 Å². The van der Waals surface area contributed by atoms with Crippen molar-refractivity contribution in [3.63, 3.8) is 0 Å². The van der Waals surface area contributed by atoms with E-state index in [1.165, 1.54) is 0 Å². The van der Waals surface area contributed by atoms with Crippen molar-refractivity contribution in [3.8, 4) is 0 Å². The molecule has 1 aromatic heterocycles. The minimum Gasteiger partial charge on any atom is -0.378 e. The van der Waals surface area contributed by atoms with Crippen molar-refractivity contribution < 1.29 is 29.1 Å². The van der Waals surface area contributed by atoms with Crippen LogP contribution in [0.4, 0.5) is 28.7 Å². The van der Waals surface area contributed by atoms with Gasteiger partial charge in [0.15, 0.2) is 11.5 Å². The third-order valence-electron chi connectivity index (χ3n) is 12.8. The van der Waals surface area contributed by atoms with Gasteiger partial charge in [0.05, 0.1) is 17.3 Å². The molecule has 7 heterocycles. The first-order chi connectivity index (χ1) is 27.6. The van der Waals surface area contributed by atoms with Crippen molar-refractivity contribution in [3.05, 3.63) is 65.5 Å². The third kappa shape index (κ3) is 7.05. The average molecular weight is 777 g/mol. The standard InChI is InChI=1S/C41H48N10O6/c42-37(54)36-38(45-33(20-43-36)48-15-1-3-29(23-48)50-16-2-4-35(50)53)44-26-5-7-27(8-6-26)49-21-25(22-49)24-13-17-47(18-14-24)28-9-10-30-31(19-28)41(57)51(40(30)56)32-11-12-34(52)46-39(32)55/h5-10,19-20,24-25,29,32,35,53H,1-4,11-18,21-23H2,(H2,42,54)(H,44,45)(H,46,52,55)/t29-,32?,35?/m1/s1. The molecule has 2 unspecified atom stereocenters. The molecule has 6 aliphatic heterocycles. The molecular formula is C41H48N10O6. The highest BCUT2D eigenvalue weighted by Gasteiger charge is 2.45. The van der Waals surface area contributed by atoms with Crippen LogP contribution in [0.1, 0.15) is 82.6 Å². The Labute approximate surface area is 330 Å². The first kappa shape index (κ1) is 37.0. The van der Waals surface area contributed by atoms with Crippen LogP contribution in [0.25, 0.3) is 0 Å². The number of imide groups is 2. The summed E-state index contributed by atoms with van der Waals surface area (Å²) in [6.45, 7) is 6.08. The number of aliphatic hydroxyl groups is 1. The Morgan fingerprint density at radius 3 is 2.25 bits per heavy atom. The van der Waals surface area contributed by atoms with Crippen molar-refractivity contribution in [2.45, 2.75) is 69.7 Å². The fourth-order valence-electron chi connectivity index (χ4n) is 9.63. The lowest BCUT2D eigenvalue weighted by Crippen LogP contribution is -2.54. The minimum atomic E-state index is -0.976. The second-order valence-corrected chi connectivity index (χ2v) is 16.2. The molecule has 2 aromatic carbocycles. The Morgan fingerprint density at radius 2 is 1.53 bits per heavy atom. The number of fused-ring (bicyclic) bond motifs is 1. The van der Waals surface area contributed by atoms with Crippen molar-refractivity contribution in [2.24, 2.45) is 17.6 Å². The molecule has 5 amide bonds. The maximum Gasteiger partial charge on any atom is 0.271 e. The number of nitrogens with two attached hydrogens (primary N) is 1. The molecule has 6 aliphatic rings. The molecule has 5 fully saturated rings. The summed E-state index contributed by atoms with van der Waals surface area (Å²) in [5.74, 6) is -0.491. The number of piperidine rings is 3. The van der Waals surface area contributed by atoms with Gasteiger partial charge in [-0.2, -0.15) is 0 Å². The van der Waals surface area contributed by atoms with Gasteiger partial charge in [-0.15, -0.1) is 0 Å². The van der Waals surface area contributed by atoms with Gasteiger partial charge in [-0.25, -0.2) is 9.97 Å². The molecule has 0 bridgehead atoms. The first-order valence-corrected chi connectivity index (χ1v) is 20.2. The van der Waals surface area contributed by atoms with Crippen LogP contribution in [0.2, 0.25) is 0 Å². The van der Waals surface area contributed by atoms with E-state index >= 15 is 0 Å². The summed E-state index contributed by atoms with van der Waals surface area (Å²) in [6, 6.07) is 12.7. The topological polar surface area (TPSA) is 198 Å². The number of rotatable bonds is 9. The van der Waals surface area contributed by atoms with Crippen molar-refractivity contribution >= 4 is 58.2 Å². The Balaban J connectivity index is 0.781. The van der Waals surface area contributed by atoms with Gasteiger partial charge in [0, 0.05) is 75.3 Å². The maximum absolute atomic E-state index is 13.3. The van der Waals surface area contributed by atoms with Crippen LogP contribution in [0.15, 0.2) is 48.7 Å². The van der Waals surface area contributed by atoms with E-state index in [1.54, 1.807) is 18.3 Å². The molecule has 0 saturated carbocycles. The number of primary amides is 1. The predicted octanol–water partition coefficient (Wildman–Crippen LogP) is 2.46. The van der Waals surface area contributed by atoms with E-state index in [9.17, 15) is 29.1 Å². The molecule has 5 saturated heterocycles. The van der Waals surface area contributed by atoms with Gasteiger partial charge in [-0.1, -0.05) is 0 Å². The smallest absolute Gasteiger partial charge is 0.271 e. The molecule has 5 N–H and O–H groups in total. The zero-order chi connectivity index (χ0) is 39.4. The summed E-state index contributed by atoms with van der Waals surface area (Å²) >= 11 is 0. The van der Waals surface area contributed by atoms with E-state index in [1.807, 2.05) is 18.2 Å². The Kier molecular flexibility index (Phi) is 9.76. The number of aromatic nitrogens is 2. The van der Waals surface area contributed by atoms with Gasteiger partial charge in [-0.05, 0) is 99.2 Å². The zero-order valence-corrected chi connectivity index (χ0v) is 31.8. The lowest BCUT2D eigenvalue weighted by atomic mass is 9.79. The molecule has 16 nitrogen and oxygen atoms in total. The van der Waals surface area contributed by atoms with Crippen LogP contribution in [0.5, 0.6) is 0 Å². The molecule has 3 atom stereocenters. The number of likely N-dealkylation sites (tertiary alicyclic amines) is 1. The second-order valence-electron chi connectivity index (χ2n) is 16.2. The molecular weight excluding hydrogens is 729 g/mol. The second kappa shape index (κ2) is 15.0. The van der Waals surface area contributed by atoms with Crippen LogP contribution < -0.4 is 31.1 Å². The van der Waals surface area contributed by atoms with Crippen molar-refractivity contribution in [2.75, 3.05) is 65.8 Å². The summed E-state index contributed by atoms with van der Waals surface area (Å²) in [5.41, 5.74) is 9.17. The summed E-state index contributed by atoms with van der Waals surface area (Å²) in [6.07, 6.45) is 7.30. The predicted molar refractivity (Wildman–Crippen MR) is 211 cm³/mol. The van der Waals surface area contributed by atoms with Gasteiger partial charge < -0.3 is 30.9 Å². The number of nitrogens with zero attached hydrogens (tertiary/aromatic N) is 7. The Bertz CT molecular complexity index is 2100. The molecule has 16 heteroatoms. The van der Waals surface area contributed by atoms with Gasteiger partial charge in [0.25, 0.3) is 17.7 Å². The van der Waals surface area contributed by atoms with E-state index in [-0.39, 0.29) is 24.6 Å². The van der Waals surface area contributed by atoms with Gasteiger partial charge in [0.1, 0.15) is 18.1 Å². The quantitative estimate of drug-likeness (QED) is 0.232. The SMILES string of the molecule is NC(=O)c1ncc(N2CCC[C@@H](N3CCCC3O)C2)nc1Nc1ccc(N2CC(C3CCN(c4ccc5c(c4)C(=O)N(C4CCC(=O)NC4=O)C5=O)CC3)C2)cc1. The first-order valence-electron chi connectivity index (χ1n) is 20.2. The number of nitrogens with one attached hydrogen (secondary N) is 2. The average Bonchev–Trinajstić information content (AvgIpc) is 3.74. The number of hydrogen-bond acceptors (Lipinski definition) is 13. The summed E-state index contributed by atoms with van der Waals surface area (Å²) < 4.78 is 0. The monoisotopic (exact) mass is 776 g/mol. The number of hydrogen-bond donors (Lipinski definition) is 4. The summed E-state index contributed by atoms with van der Waals surface area (Å²) in [4.78, 5) is 82.1. The highest BCUT2D eigenvalue weighted by atomic mass is 16.3. The summed E-state index contributed by atoms with van der Waals surface area (Å²) in [5, 5.41) is 16.0. The van der Waals surface area contributed by atoms with Crippen LogP contribution in [0.3, 0.4) is 0 Å². The largest absolute Gasteiger partial charge is 0.378 e. The van der Waals surface area contributed by atoms with Gasteiger partial charge >= 0.3 is 0 Å². The Morgan fingerprint density at radius 1 is 0.789 bits per heavy atom. The molecule has 0 aliphatic carbocycles. The fourth-order valence-corrected chi connectivity index (χ4v) is 9.63. The number of anilines is 5. The number of aliphatic hydroxyl groups excluding tert-OH is 1. The van der Waals surface area contributed by atoms with E-state index in [4.69, 9.17) is 10.7 Å². The normalized spacial score (nSPS) is 24.8. The lowest BCUT2D eigenvalue weighted by molar-refractivity contribution is -0.136. The Hall–Kier alpha value is -5.61. The highest BCUT2D eigenvalue weighted by Crippen LogP contribution is 2.38. The number of benzene rings is 2. The molecule has 9 rings (SSSR count). The van der Waals surface area contributed by atoms with E-state index in [2.05, 4.69) is 47.3 Å². The molecule has 3 aromatic rings. The fraction of sp³-hybridized carbons (Fsp3) is 0.488. The lowest BCUT2D eigenvalue weighted by Gasteiger charge is -2.47. The van der Waals surface area contributed by atoms with E-state index < -0.39 is 41.8 Å². The van der Waals surface area contributed by atoms with Crippen LogP contribution in [-0.2, 0) is 9.59 Å². The molecule has 57 heavy (non-hydrogen) atoms. The third-order valence-corrected chi connectivity index (χ3v) is 12.8. The van der Waals surface area contributed by atoms with E-state index in [0.717, 1.165) is 106 Å². The van der Waals surface area contributed by atoms with Crippen LogP contribution in [-0.4, -0.2) is 119 Å². The zero-order valence-electron chi connectivity index (χ0n) is 31.8.